The molecule has 3 aromatic carbocycles. The summed E-state index contributed by atoms with van der Waals surface area (Å²) in [6, 6.07) is 18.9. The van der Waals surface area contributed by atoms with Crippen LogP contribution in [0.2, 0.25) is 0 Å². The van der Waals surface area contributed by atoms with Crippen molar-refractivity contribution in [2.45, 2.75) is 24.3 Å². The molecule has 0 saturated carbocycles. The minimum Gasteiger partial charge on any atom is -0.440 e. The molecule has 0 N–H and O–H groups in total. The highest BCUT2D eigenvalue weighted by atomic mass is 32.2. The van der Waals surface area contributed by atoms with Crippen molar-refractivity contribution in [1.82, 2.24) is 4.90 Å². The molecular formula is C25H20N2O6S. The van der Waals surface area contributed by atoms with E-state index in [9.17, 15) is 22.8 Å². The number of ether oxygens (including phenoxy) is 1. The van der Waals surface area contributed by atoms with E-state index in [1.807, 2.05) is 19.1 Å². The summed E-state index contributed by atoms with van der Waals surface area (Å²) < 4.78 is 33.4. The molecule has 0 fully saturated rings. The third-order valence-electron chi connectivity index (χ3n) is 5.97. The molecule has 34 heavy (non-hydrogen) atoms. The molecule has 2 aliphatic rings. The van der Waals surface area contributed by atoms with Gasteiger partial charge in [-0.1, -0.05) is 36.4 Å². The summed E-state index contributed by atoms with van der Waals surface area (Å²) in [6.07, 6.45) is 0.595. The predicted molar refractivity (Wildman–Crippen MR) is 123 cm³/mol. The van der Waals surface area contributed by atoms with Gasteiger partial charge in [0.25, 0.3) is 21.8 Å². The number of carbonyl (C=O) groups is 3. The lowest BCUT2D eigenvalue weighted by Crippen LogP contribution is -2.36. The summed E-state index contributed by atoms with van der Waals surface area (Å²) >= 11 is 0. The van der Waals surface area contributed by atoms with Gasteiger partial charge in [-0.05, 0) is 55.3 Å². The van der Waals surface area contributed by atoms with E-state index in [-0.39, 0.29) is 27.6 Å². The molecule has 0 spiro atoms. The van der Waals surface area contributed by atoms with Crippen LogP contribution in [0.4, 0.5) is 5.69 Å². The second kappa shape index (κ2) is 8.11. The topological polar surface area (TPSA) is 101 Å². The van der Waals surface area contributed by atoms with Crippen LogP contribution < -0.4 is 4.31 Å². The van der Waals surface area contributed by atoms with E-state index in [1.54, 1.807) is 24.3 Å². The van der Waals surface area contributed by atoms with Gasteiger partial charge in [0.2, 0.25) is 0 Å². The fourth-order valence-electron chi connectivity index (χ4n) is 4.36. The van der Waals surface area contributed by atoms with Crippen LogP contribution >= 0.6 is 0 Å². The van der Waals surface area contributed by atoms with Crippen LogP contribution in [0.5, 0.6) is 0 Å². The molecule has 2 heterocycles. The van der Waals surface area contributed by atoms with Crippen molar-refractivity contribution in [1.29, 1.82) is 0 Å². The molecule has 9 heteroatoms. The maximum Gasteiger partial charge on any atom is 0.339 e. The van der Waals surface area contributed by atoms with Gasteiger partial charge in [-0.15, -0.1) is 0 Å². The minimum atomic E-state index is -3.93. The average molecular weight is 477 g/mol. The zero-order valence-electron chi connectivity index (χ0n) is 18.2. The molecular weight excluding hydrogens is 456 g/mol. The van der Waals surface area contributed by atoms with E-state index in [0.29, 0.717) is 12.1 Å². The van der Waals surface area contributed by atoms with E-state index in [0.717, 1.165) is 10.5 Å². The minimum absolute atomic E-state index is 0.00202. The molecule has 5 rings (SSSR count). The van der Waals surface area contributed by atoms with Gasteiger partial charge in [0.15, 0.2) is 6.73 Å². The van der Waals surface area contributed by atoms with Crippen LogP contribution in [-0.2, 0) is 21.2 Å². The number of esters is 1. The molecule has 0 bridgehead atoms. The molecule has 2 amide bonds. The van der Waals surface area contributed by atoms with Crippen molar-refractivity contribution < 1.29 is 27.5 Å². The Morgan fingerprint density at radius 1 is 0.941 bits per heavy atom. The third-order valence-corrected chi connectivity index (χ3v) is 7.90. The summed E-state index contributed by atoms with van der Waals surface area (Å²) in [5.74, 6) is -1.94. The summed E-state index contributed by atoms with van der Waals surface area (Å²) in [4.78, 5) is 38.4. The highest BCUT2D eigenvalue weighted by Crippen LogP contribution is 2.36. The molecule has 3 aromatic rings. The standard InChI is InChI=1S/C25H20N2O6S/c1-16-13-17-7-2-5-12-22(17)27(16)34(31,32)19-9-6-8-18(14-19)25(30)33-15-26-23(28)20-10-3-4-11-21(20)24(26)29/h2-12,14,16H,13,15H2,1H3/t16-/m0/s1. The molecule has 0 unspecified atom stereocenters. The zero-order chi connectivity index (χ0) is 24.0. The summed E-state index contributed by atoms with van der Waals surface area (Å²) in [5.41, 5.74) is 2.05. The summed E-state index contributed by atoms with van der Waals surface area (Å²) in [7, 11) is -3.93. The van der Waals surface area contributed by atoms with E-state index in [4.69, 9.17) is 4.74 Å². The number of amides is 2. The van der Waals surface area contributed by atoms with Gasteiger partial charge < -0.3 is 4.74 Å². The van der Waals surface area contributed by atoms with E-state index in [1.165, 1.54) is 40.7 Å². The van der Waals surface area contributed by atoms with Gasteiger partial charge in [0, 0.05) is 6.04 Å². The Bertz CT molecular complexity index is 1410. The Morgan fingerprint density at radius 2 is 1.59 bits per heavy atom. The number of hydrogen-bond acceptors (Lipinski definition) is 6. The summed E-state index contributed by atoms with van der Waals surface area (Å²) in [6.45, 7) is 1.26. The van der Waals surface area contributed by atoms with E-state index < -0.39 is 34.5 Å². The van der Waals surface area contributed by atoms with Crippen LogP contribution in [0.25, 0.3) is 0 Å². The molecule has 172 valence electrons. The molecule has 0 aromatic heterocycles. The highest BCUT2D eigenvalue weighted by molar-refractivity contribution is 7.92. The number of benzene rings is 3. The number of para-hydroxylation sites is 1. The van der Waals surface area contributed by atoms with Crippen molar-refractivity contribution in [3.05, 3.63) is 95.1 Å². The lowest BCUT2D eigenvalue weighted by molar-refractivity contribution is 0.0228. The van der Waals surface area contributed by atoms with Crippen LogP contribution in [0.15, 0.2) is 77.7 Å². The van der Waals surface area contributed by atoms with Gasteiger partial charge in [-0.3, -0.25) is 13.9 Å². The van der Waals surface area contributed by atoms with Gasteiger partial charge in [0.05, 0.1) is 27.3 Å². The fourth-order valence-corrected chi connectivity index (χ4v) is 6.10. The van der Waals surface area contributed by atoms with Gasteiger partial charge >= 0.3 is 5.97 Å². The molecule has 1 atom stereocenters. The number of sulfonamides is 1. The number of anilines is 1. The third kappa shape index (κ3) is 3.45. The lowest BCUT2D eigenvalue weighted by Gasteiger charge is -2.24. The zero-order valence-corrected chi connectivity index (χ0v) is 19.0. The average Bonchev–Trinajstić information content (AvgIpc) is 3.31. The van der Waals surface area contributed by atoms with Crippen molar-refractivity contribution in [2.75, 3.05) is 11.0 Å². The Kier molecular flexibility index (Phi) is 5.21. The first-order valence-corrected chi connectivity index (χ1v) is 12.1. The van der Waals surface area contributed by atoms with Crippen LogP contribution in [-0.4, -0.2) is 43.9 Å². The molecule has 0 radical (unpaired) electrons. The first kappa shape index (κ1) is 21.8. The number of fused-ring (bicyclic) bond motifs is 2. The SMILES string of the molecule is C[C@H]1Cc2ccccc2N1S(=O)(=O)c1cccc(C(=O)OCN2C(=O)c3ccccc3C2=O)c1. The van der Waals surface area contributed by atoms with Crippen molar-refractivity contribution >= 4 is 33.5 Å². The quantitative estimate of drug-likeness (QED) is 0.414. The van der Waals surface area contributed by atoms with Gasteiger partial charge in [-0.2, -0.15) is 0 Å². The Balaban J connectivity index is 1.35. The Morgan fingerprint density at radius 3 is 2.29 bits per heavy atom. The number of imide groups is 1. The number of rotatable bonds is 5. The smallest absolute Gasteiger partial charge is 0.339 e. The second-order valence-corrected chi connectivity index (χ2v) is 9.97. The van der Waals surface area contributed by atoms with Crippen LogP contribution in [0.3, 0.4) is 0 Å². The monoisotopic (exact) mass is 476 g/mol. The van der Waals surface area contributed by atoms with Gasteiger partial charge in [0.1, 0.15) is 0 Å². The summed E-state index contributed by atoms with van der Waals surface area (Å²) in [5, 5.41) is 0. The lowest BCUT2D eigenvalue weighted by atomic mass is 10.1. The molecule has 2 aliphatic heterocycles. The maximum atomic E-state index is 13.4. The first-order valence-electron chi connectivity index (χ1n) is 10.6. The molecule has 0 saturated heterocycles. The fraction of sp³-hybridized carbons (Fsp3) is 0.160. The normalized spacial score (nSPS) is 17.0. The van der Waals surface area contributed by atoms with E-state index >= 15 is 0 Å². The Hall–Kier alpha value is -3.98. The highest BCUT2D eigenvalue weighted by Gasteiger charge is 2.37. The second-order valence-electron chi connectivity index (χ2n) is 8.16. The first-order chi connectivity index (χ1) is 16.3. The Labute approximate surface area is 196 Å². The number of hydrogen-bond donors (Lipinski definition) is 0. The molecule has 0 aliphatic carbocycles. The number of nitrogens with zero attached hydrogens (tertiary/aromatic N) is 2. The van der Waals surface area contributed by atoms with E-state index in [2.05, 4.69) is 0 Å². The van der Waals surface area contributed by atoms with Crippen molar-refractivity contribution in [3.63, 3.8) is 0 Å². The van der Waals surface area contributed by atoms with Crippen LogP contribution in [0.1, 0.15) is 43.6 Å². The number of carbonyl (C=O) groups excluding carboxylic acids is 3. The molecule has 8 nitrogen and oxygen atoms in total. The maximum absolute atomic E-state index is 13.4. The van der Waals surface area contributed by atoms with Gasteiger partial charge in [-0.25, -0.2) is 18.1 Å². The largest absolute Gasteiger partial charge is 0.440 e. The van der Waals surface area contributed by atoms with Crippen molar-refractivity contribution in [3.8, 4) is 0 Å². The van der Waals surface area contributed by atoms with Crippen molar-refractivity contribution in [2.24, 2.45) is 0 Å². The van der Waals surface area contributed by atoms with Crippen LogP contribution in [0, 0.1) is 0 Å². The predicted octanol–water partition coefficient (Wildman–Crippen LogP) is 3.24.